The molecule has 1 N–H and O–H groups in total. The molecule has 2 atom stereocenters. The number of aromatic nitrogens is 1. The number of fused-ring (bicyclic) bond motifs is 3. The second kappa shape index (κ2) is 11.1. The Hall–Kier alpha value is -4.71. The van der Waals surface area contributed by atoms with Crippen molar-refractivity contribution in [3.8, 4) is 28.3 Å². The van der Waals surface area contributed by atoms with E-state index in [9.17, 15) is 19.2 Å². The highest BCUT2D eigenvalue weighted by atomic mass is 19.1. The van der Waals surface area contributed by atoms with Gasteiger partial charge in [0.05, 0.1) is 11.1 Å². The van der Waals surface area contributed by atoms with Gasteiger partial charge in [-0.15, -0.1) is 0 Å². The van der Waals surface area contributed by atoms with Crippen LogP contribution >= 0.6 is 0 Å². The van der Waals surface area contributed by atoms with Crippen LogP contribution in [0, 0.1) is 23.0 Å². The summed E-state index contributed by atoms with van der Waals surface area (Å²) in [5, 5.41) is 13.1. The molecular weight excluding hydrogens is 562 g/mol. The molecule has 7 nitrogen and oxygen atoms in total. The van der Waals surface area contributed by atoms with Crippen molar-refractivity contribution >= 4 is 22.9 Å². The summed E-state index contributed by atoms with van der Waals surface area (Å²) in [5.41, 5.74) is 2.21. The van der Waals surface area contributed by atoms with Crippen molar-refractivity contribution < 1.29 is 23.1 Å². The van der Waals surface area contributed by atoms with Crippen LogP contribution in [0.2, 0.25) is 0 Å². The van der Waals surface area contributed by atoms with Crippen molar-refractivity contribution in [3.05, 3.63) is 83.6 Å². The first kappa shape index (κ1) is 29.4. The zero-order valence-corrected chi connectivity index (χ0v) is 25.2. The minimum Gasteiger partial charge on any atom is -0.444 e. The molecule has 2 saturated heterocycles. The molecule has 9 heteroatoms. The number of ether oxygens (including phenoxy) is 1. The standard InChI is InChI=1S/C35H34F2N4O3/c1-35(2,3)44-34(43)39-24-16-25-8-9-26(17-24)41(25)33(42)22-7-10-27(28(14-22)20-5-6-23(19-38)30(36)15-20)29-13-21-11-12-40(4)32(21)18-31(29)37/h5-7,10-15,18,24-26H,8-9,16-17H2,1-4H3,(H,39,43). The predicted molar refractivity (Wildman–Crippen MR) is 164 cm³/mol. The molecule has 2 amide bonds. The van der Waals surface area contributed by atoms with Crippen LogP contribution in [0.25, 0.3) is 33.2 Å². The van der Waals surface area contributed by atoms with Crippen LogP contribution in [0.15, 0.2) is 60.8 Å². The topological polar surface area (TPSA) is 87.4 Å². The molecule has 44 heavy (non-hydrogen) atoms. The maximum atomic E-state index is 15.6. The number of nitrogens with one attached hydrogen (secondary N) is 1. The van der Waals surface area contributed by atoms with E-state index in [1.165, 1.54) is 18.2 Å². The maximum Gasteiger partial charge on any atom is 0.407 e. The van der Waals surface area contributed by atoms with Crippen molar-refractivity contribution in [1.29, 1.82) is 5.26 Å². The molecule has 0 saturated carbocycles. The summed E-state index contributed by atoms with van der Waals surface area (Å²) >= 11 is 0. The third-order valence-corrected chi connectivity index (χ3v) is 8.62. The van der Waals surface area contributed by atoms with Crippen LogP contribution < -0.4 is 5.32 Å². The number of nitriles is 1. The Balaban J connectivity index is 1.35. The minimum atomic E-state index is -0.690. The van der Waals surface area contributed by atoms with Crippen LogP contribution in [0.4, 0.5) is 13.6 Å². The zero-order chi connectivity index (χ0) is 31.3. The summed E-state index contributed by atoms with van der Waals surface area (Å²) in [7, 11) is 1.84. The van der Waals surface area contributed by atoms with Gasteiger partial charge in [0.25, 0.3) is 5.91 Å². The molecule has 3 aromatic carbocycles. The molecule has 3 heterocycles. The van der Waals surface area contributed by atoms with E-state index in [1.807, 2.05) is 55.6 Å². The summed E-state index contributed by atoms with van der Waals surface area (Å²) in [6, 6.07) is 16.1. The summed E-state index contributed by atoms with van der Waals surface area (Å²) in [6.07, 6.45) is 4.30. The molecule has 2 unspecified atom stereocenters. The van der Waals surface area contributed by atoms with Gasteiger partial charge < -0.3 is 19.5 Å². The first-order valence-electron chi connectivity index (χ1n) is 14.8. The Morgan fingerprint density at radius 1 is 0.932 bits per heavy atom. The van der Waals surface area contributed by atoms with E-state index in [0.29, 0.717) is 40.7 Å². The number of nitrogens with zero attached hydrogens (tertiary/aromatic N) is 3. The summed E-state index contributed by atoms with van der Waals surface area (Å²) in [6.45, 7) is 5.45. The third kappa shape index (κ3) is 5.52. The molecule has 1 aromatic heterocycles. The van der Waals surface area contributed by atoms with Gasteiger partial charge in [0.2, 0.25) is 0 Å². The number of hydrogen-bond donors (Lipinski definition) is 1. The molecule has 226 valence electrons. The van der Waals surface area contributed by atoms with Gasteiger partial charge in [0.1, 0.15) is 23.3 Å². The largest absolute Gasteiger partial charge is 0.444 e. The fourth-order valence-electron chi connectivity index (χ4n) is 6.67. The van der Waals surface area contributed by atoms with Crippen molar-refractivity contribution in [3.63, 3.8) is 0 Å². The van der Waals surface area contributed by atoms with Gasteiger partial charge in [-0.1, -0.05) is 12.1 Å². The molecule has 6 rings (SSSR count). The predicted octanol–water partition coefficient (Wildman–Crippen LogP) is 7.32. The molecule has 0 aliphatic carbocycles. The number of benzene rings is 3. The minimum absolute atomic E-state index is 0.0467. The SMILES string of the molecule is Cn1ccc2cc(-c3ccc(C(=O)N4C5CCC4CC(NC(=O)OC(C)(C)C)C5)cc3-c3ccc(C#N)c(F)c3)c(F)cc21. The van der Waals surface area contributed by atoms with Gasteiger partial charge >= 0.3 is 6.09 Å². The second-order valence-electron chi connectivity index (χ2n) is 12.8. The smallest absolute Gasteiger partial charge is 0.407 e. The molecule has 0 spiro atoms. The summed E-state index contributed by atoms with van der Waals surface area (Å²) < 4.78 is 37.7. The second-order valence-corrected chi connectivity index (χ2v) is 12.8. The summed E-state index contributed by atoms with van der Waals surface area (Å²) in [4.78, 5) is 28.3. The van der Waals surface area contributed by atoms with Gasteiger partial charge in [0, 0.05) is 47.9 Å². The van der Waals surface area contributed by atoms with Crippen LogP contribution in [0.1, 0.15) is 62.4 Å². The summed E-state index contributed by atoms with van der Waals surface area (Å²) in [5.74, 6) is -1.29. The molecule has 2 aliphatic rings. The van der Waals surface area contributed by atoms with E-state index in [2.05, 4.69) is 5.32 Å². The number of hydrogen-bond acceptors (Lipinski definition) is 4. The van der Waals surface area contributed by atoms with Crippen LogP contribution in [-0.4, -0.2) is 45.2 Å². The molecular formula is C35H34F2N4O3. The highest BCUT2D eigenvalue weighted by Gasteiger charge is 2.44. The molecule has 2 aliphatic heterocycles. The quantitative estimate of drug-likeness (QED) is 0.267. The third-order valence-electron chi connectivity index (χ3n) is 8.62. The fraction of sp³-hybridized carbons (Fsp3) is 0.343. The van der Waals surface area contributed by atoms with Gasteiger partial charge in [-0.05, 0) is 106 Å². The number of carbonyl (C=O) groups is 2. The van der Waals surface area contributed by atoms with Crippen molar-refractivity contribution in [1.82, 2.24) is 14.8 Å². The Morgan fingerprint density at radius 3 is 2.32 bits per heavy atom. The highest BCUT2D eigenvalue weighted by Crippen LogP contribution is 2.40. The Morgan fingerprint density at radius 2 is 1.66 bits per heavy atom. The van der Waals surface area contributed by atoms with Gasteiger partial charge in [-0.25, -0.2) is 13.6 Å². The van der Waals surface area contributed by atoms with E-state index in [0.717, 1.165) is 23.7 Å². The van der Waals surface area contributed by atoms with Crippen LogP contribution in [0.3, 0.4) is 0 Å². The fourth-order valence-corrected chi connectivity index (χ4v) is 6.67. The number of piperidine rings is 1. The number of halogens is 2. The van der Waals surface area contributed by atoms with E-state index >= 15 is 4.39 Å². The number of carbonyl (C=O) groups excluding carboxylic acids is 2. The van der Waals surface area contributed by atoms with Crippen LogP contribution in [0.5, 0.6) is 0 Å². The van der Waals surface area contributed by atoms with Gasteiger partial charge in [0.15, 0.2) is 0 Å². The van der Waals surface area contributed by atoms with Gasteiger partial charge in [-0.2, -0.15) is 5.26 Å². The Bertz CT molecular complexity index is 1820. The normalized spacial score (nSPS) is 19.6. The van der Waals surface area contributed by atoms with Crippen LogP contribution in [-0.2, 0) is 11.8 Å². The van der Waals surface area contributed by atoms with E-state index in [1.54, 1.807) is 30.3 Å². The lowest BCUT2D eigenvalue weighted by molar-refractivity contribution is 0.0418. The number of alkyl carbamates (subject to hydrolysis) is 1. The highest BCUT2D eigenvalue weighted by molar-refractivity contribution is 5.99. The Labute approximate surface area is 255 Å². The molecule has 4 aromatic rings. The van der Waals surface area contributed by atoms with Crippen molar-refractivity contribution in [2.75, 3.05) is 0 Å². The van der Waals surface area contributed by atoms with Crippen molar-refractivity contribution in [2.45, 2.75) is 70.2 Å². The monoisotopic (exact) mass is 596 g/mol. The lowest BCUT2D eigenvalue weighted by atomic mass is 9.90. The van der Waals surface area contributed by atoms with E-state index < -0.39 is 23.3 Å². The zero-order valence-electron chi connectivity index (χ0n) is 25.2. The average Bonchev–Trinajstić information content (AvgIpc) is 3.45. The van der Waals surface area contributed by atoms with E-state index in [-0.39, 0.29) is 29.6 Å². The lowest BCUT2D eigenvalue weighted by Gasteiger charge is -2.39. The van der Waals surface area contributed by atoms with Crippen molar-refractivity contribution in [2.24, 2.45) is 7.05 Å². The lowest BCUT2D eigenvalue weighted by Crippen LogP contribution is -2.53. The average molecular weight is 597 g/mol. The maximum absolute atomic E-state index is 15.6. The Kier molecular flexibility index (Phi) is 7.40. The van der Waals surface area contributed by atoms with E-state index in [4.69, 9.17) is 4.74 Å². The first-order chi connectivity index (χ1) is 20.9. The number of rotatable bonds is 4. The number of amides is 2. The molecule has 0 radical (unpaired) electrons. The molecule has 2 bridgehead atoms. The number of aryl methyl sites for hydroxylation is 1. The molecule has 2 fully saturated rings. The first-order valence-corrected chi connectivity index (χ1v) is 14.8. The van der Waals surface area contributed by atoms with Gasteiger partial charge in [-0.3, -0.25) is 4.79 Å².